The van der Waals surface area contributed by atoms with Crippen molar-refractivity contribution in [2.75, 3.05) is 38.7 Å². The molecular weight excluding hydrogens is 268 g/mol. The number of hydrogen-bond acceptors (Lipinski definition) is 4. The maximum absolute atomic E-state index is 12.3. The van der Waals surface area contributed by atoms with Crippen molar-refractivity contribution in [1.82, 2.24) is 14.7 Å². The topological polar surface area (TPSA) is 59.4 Å². The Labute approximate surface area is 125 Å². The Hall–Kier alpha value is -1.40. The highest BCUT2D eigenvalue weighted by atomic mass is 16.5. The summed E-state index contributed by atoms with van der Waals surface area (Å²) in [4.78, 5) is 14.5. The van der Waals surface area contributed by atoms with Gasteiger partial charge in [0.2, 0.25) is 5.91 Å². The number of carbonyl (C=O) groups excluding carboxylic acids is 1. The highest BCUT2D eigenvalue weighted by Crippen LogP contribution is 2.22. The molecule has 2 fully saturated rings. The van der Waals surface area contributed by atoms with E-state index in [4.69, 9.17) is 4.74 Å². The van der Waals surface area contributed by atoms with E-state index >= 15 is 0 Å². The fraction of sp³-hybridized carbons (Fsp3) is 0.733. The van der Waals surface area contributed by atoms with Crippen LogP contribution in [0.4, 0.5) is 5.69 Å². The van der Waals surface area contributed by atoms with E-state index in [1.807, 2.05) is 10.9 Å². The van der Waals surface area contributed by atoms with Crippen LogP contribution >= 0.6 is 0 Å². The maximum Gasteiger partial charge on any atom is 0.228 e. The van der Waals surface area contributed by atoms with Gasteiger partial charge in [-0.05, 0) is 39.3 Å². The molecule has 6 heteroatoms. The smallest absolute Gasteiger partial charge is 0.228 e. The zero-order valence-corrected chi connectivity index (χ0v) is 12.6. The zero-order chi connectivity index (χ0) is 14.7. The zero-order valence-electron chi connectivity index (χ0n) is 12.6. The number of piperidine rings is 1. The molecule has 0 bridgehead atoms. The molecule has 0 aromatic carbocycles. The molecule has 2 aliphatic rings. The fourth-order valence-electron chi connectivity index (χ4n) is 3.18. The number of hydrogen-bond donors (Lipinski definition) is 1. The van der Waals surface area contributed by atoms with Crippen molar-refractivity contribution in [3.63, 3.8) is 0 Å². The van der Waals surface area contributed by atoms with E-state index in [0.29, 0.717) is 6.04 Å². The summed E-state index contributed by atoms with van der Waals surface area (Å²) in [7, 11) is 2.07. The molecule has 1 unspecified atom stereocenters. The Bertz CT molecular complexity index is 482. The summed E-state index contributed by atoms with van der Waals surface area (Å²) in [5.41, 5.74) is 0.805. The first-order valence-corrected chi connectivity index (χ1v) is 7.83. The summed E-state index contributed by atoms with van der Waals surface area (Å²) in [6.45, 7) is 3.52. The van der Waals surface area contributed by atoms with Gasteiger partial charge in [-0.25, -0.2) is 0 Å². The van der Waals surface area contributed by atoms with Crippen LogP contribution < -0.4 is 5.32 Å². The molecule has 2 saturated heterocycles. The van der Waals surface area contributed by atoms with Gasteiger partial charge in [0.15, 0.2) is 0 Å². The standard InChI is InChI=1S/C15H24N4O2/c1-18-6-2-3-12(10-18)15(20)17-13-9-16-19(11-13)14-4-7-21-8-5-14/h9,11-12,14H,2-8,10H2,1H3,(H,17,20). The number of aromatic nitrogens is 2. The minimum absolute atomic E-state index is 0.0928. The van der Waals surface area contributed by atoms with Crippen LogP contribution in [-0.4, -0.2) is 53.9 Å². The van der Waals surface area contributed by atoms with Crippen LogP contribution in [0.25, 0.3) is 0 Å². The second kappa shape index (κ2) is 6.58. The normalized spacial score (nSPS) is 24.9. The molecule has 6 nitrogen and oxygen atoms in total. The molecule has 3 rings (SSSR count). The first-order chi connectivity index (χ1) is 10.2. The summed E-state index contributed by atoms with van der Waals surface area (Å²) in [5.74, 6) is 0.211. The third kappa shape index (κ3) is 3.63. The van der Waals surface area contributed by atoms with Crippen molar-refractivity contribution in [1.29, 1.82) is 0 Å². The van der Waals surface area contributed by atoms with Gasteiger partial charge < -0.3 is 15.0 Å². The van der Waals surface area contributed by atoms with Crippen LogP contribution in [-0.2, 0) is 9.53 Å². The average molecular weight is 292 g/mol. The number of carbonyl (C=O) groups is 1. The molecule has 1 aromatic rings. The highest BCUT2D eigenvalue weighted by molar-refractivity contribution is 5.92. The van der Waals surface area contributed by atoms with E-state index in [0.717, 1.165) is 57.7 Å². The molecule has 3 heterocycles. The summed E-state index contributed by atoms with van der Waals surface area (Å²) >= 11 is 0. The molecule has 116 valence electrons. The summed E-state index contributed by atoms with van der Waals surface area (Å²) in [5, 5.41) is 7.40. The van der Waals surface area contributed by atoms with Gasteiger partial charge in [0.1, 0.15) is 0 Å². The molecule has 1 aromatic heterocycles. The molecule has 1 amide bonds. The van der Waals surface area contributed by atoms with Crippen LogP contribution in [0.3, 0.4) is 0 Å². The molecule has 1 atom stereocenters. The van der Waals surface area contributed by atoms with Crippen molar-refractivity contribution < 1.29 is 9.53 Å². The minimum atomic E-state index is 0.0928. The Kier molecular flexibility index (Phi) is 4.55. The van der Waals surface area contributed by atoms with Crippen LogP contribution in [0.5, 0.6) is 0 Å². The number of rotatable bonds is 3. The van der Waals surface area contributed by atoms with Crippen LogP contribution in [0.15, 0.2) is 12.4 Å². The van der Waals surface area contributed by atoms with Crippen molar-refractivity contribution in [2.24, 2.45) is 5.92 Å². The van der Waals surface area contributed by atoms with Gasteiger partial charge in [-0.15, -0.1) is 0 Å². The Balaban J connectivity index is 1.57. The van der Waals surface area contributed by atoms with Crippen LogP contribution in [0, 0.1) is 5.92 Å². The van der Waals surface area contributed by atoms with E-state index in [1.165, 1.54) is 0 Å². The summed E-state index contributed by atoms with van der Waals surface area (Å²) < 4.78 is 7.33. The number of anilines is 1. The van der Waals surface area contributed by atoms with Gasteiger partial charge in [-0.2, -0.15) is 5.10 Å². The molecule has 21 heavy (non-hydrogen) atoms. The van der Waals surface area contributed by atoms with E-state index in [1.54, 1.807) is 6.20 Å². The summed E-state index contributed by atoms with van der Waals surface area (Å²) in [6.07, 6.45) is 7.74. The van der Waals surface area contributed by atoms with Crippen LogP contribution in [0.2, 0.25) is 0 Å². The average Bonchev–Trinajstić information content (AvgIpc) is 2.97. The molecule has 2 aliphatic heterocycles. The van der Waals surface area contributed by atoms with Gasteiger partial charge in [-0.3, -0.25) is 9.48 Å². The Morgan fingerprint density at radius 1 is 1.38 bits per heavy atom. The lowest BCUT2D eigenvalue weighted by Crippen LogP contribution is -2.38. The minimum Gasteiger partial charge on any atom is -0.381 e. The Morgan fingerprint density at radius 3 is 2.95 bits per heavy atom. The molecular formula is C15H24N4O2. The lowest BCUT2D eigenvalue weighted by Gasteiger charge is -2.28. The molecule has 0 spiro atoms. The number of nitrogens with zero attached hydrogens (tertiary/aromatic N) is 3. The lowest BCUT2D eigenvalue weighted by atomic mass is 9.97. The third-order valence-corrected chi connectivity index (χ3v) is 4.43. The van der Waals surface area contributed by atoms with Gasteiger partial charge in [0, 0.05) is 26.0 Å². The summed E-state index contributed by atoms with van der Waals surface area (Å²) in [6, 6.07) is 0.394. The molecule has 1 N–H and O–H groups in total. The van der Waals surface area contributed by atoms with Crippen molar-refractivity contribution in [2.45, 2.75) is 31.7 Å². The second-order valence-electron chi connectivity index (χ2n) is 6.14. The van der Waals surface area contributed by atoms with E-state index in [9.17, 15) is 4.79 Å². The number of amides is 1. The lowest BCUT2D eigenvalue weighted by molar-refractivity contribution is -0.121. The van der Waals surface area contributed by atoms with E-state index in [-0.39, 0.29) is 11.8 Å². The highest BCUT2D eigenvalue weighted by Gasteiger charge is 2.24. The molecule has 0 saturated carbocycles. The van der Waals surface area contributed by atoms with Gasteiger partial charge in [0.05, 0.1) is 23.8 Å². The first kappa shape index (κ1) is 14.5. The third-order valence-electron chi connectivity index (χ3n) is 4.43. The largest absolute Gasteiger partial charge is 0.381 e. The molecule has 0 aliphatic carbocycles. The quantitative estimate of drug-likeness (QED) is 0.917. The van der Waals surface area contributed by atoms with Gasteiger partial charge in [-0.1, -0.05) is 0 Å². The second-order valence-corrected chi connectivity index (χ2v) is 6.14. The monoisotopic (exact) mass is 292 g/mol. The number of likely N-dealkylation sites (tertiary alicyclic amines) is 1. The Morgan fingerprint density at radius 2 is 2.19 bits per heavy atom. The van der Waals surface area contributed by atoms with E-state index < -0.39 is 0 Å². The van der Waals surface area contributed by atoms with Gasteiger partial charge >= 0.3 is 0 Å². The van der Waals surface area contributed by atoms with Crippen molar-refractivity contribution in [3.05, 3.63) is 12.4 Å². The van der Waals surface area contributed by atoms with Crippen molar-refractivity contribution in [3.8, 4) is 0 Å². The van der Waals surface area contributed by atoms with E-state index in [2.05, 4.69) is 22.4 Å². The van der Waals surface area contributed by atoms with Crippen LogP contribution in [0.1, 0.15) is 31.7 Å². The maximum atomic E-state index is 12.3. The predicted molar refractivity (Wildman–Crippen MR) is 80.2 cm³/mol. The SMILES string of the molecule is CN1CCCC(C(=O)Nc2cnn(C3CCOCC3)c2)C1. The predicted octanol–water partition coefficient (Wildman–Crippen LogP) is 1.51. The number of ether oxygens (including phenoxy) is 1. The number of nitrogens with one attached hydrogen (secondary N) is 1. The van der Waals surface area contributed by atoms with Gasteiger partial charge in [0.25, 0.3) is 0 Å². The van der Waals surface area contributed by atoms with Crippen molar-refractivity contribution >= 4 is 11.6 Å². The molecule has 0 radical (unpaired) electrons. The fourth-order valence-corrected chi connectivity index (χ4v) is 3.18. The first-order valence-electron chi connectivity index (χ1n) is 7.83.